The molecule has 2 aromatic rings. The molecule has 0 aromatic heterocycles. The molecule has 0 bridgehead atoms. The van der Waals surface area contributed by atoms with E-state index in [1.54, 1.807) is 0 Å². The van der Waals surface area contributed by atoms with Crippen molar-refractivity contribution in [1.82, 2.24) is 10.4 Å². The Morgan fingerprint density at radius 1 is 1.04 bits per heavy atom. The second-order valence-corrected chi connectivity index (χ2v) is 7.20. The summed E-state index contributed by atoms with van der Waals surface area (Å²) in [5, 5.41) is 6.22. The van der Waals surface area contributed by atoms with Gasteiger partial charge in [0.05, 0.1) is 6.54 Å². The molecule has 0 radical (unpaired) electrons. The van der Waals surface area contributed by atoms with Crippen molar-refractivity contribution in [2.75, 3.05) is 6.54 Å². The Labute approximate surface area is 171 Å². The van der Waals surface area contributed by atoms with Crippen molar-refractivity contribution in [3.8, 4) is 0 Å². The normalized spacial score (nSPS) is 12.8. The van der Waals surface area contributed by atoms with Gasteiger partial charge in [-0.25, -0.2) is 0 Å². The maximum absolute atomic E-state index is 5.61. The second kappa shape index (κ2) is 11.5. The van der Waals surface area contributed by atoms with Gasteiger partial charge in [-0.15, -0.1) is 12.4 Å². The Morgan fingerprint density at radius 3 is 2.16 bits per heavy atom. The van der Waals surface area contributed by atoms with Crippen LogP contribution < -0.4 is 17.0 Å². The average molecular weight is 492 g/mol. The first-order valence-corrected chi connectivity index (χ1v) is 9.15. The number of halogens is 3. The van der Waals surface area contributed by atoms with E-state index in [1.165, 1.54) is 11.1 Å². The van der Waals surface area contributed by atoms with Crippen LogP contribution in [0.1, 0.15) is 17.5 Å². The molecular weight excluding hydrogens is 469 g/mol. The SMILES string of the molecule is Cl.NC1=NN(Cc2cccc(Br)c2)CC1.NNCc1cccc(Br)c1. The molecule has 1 heterocycles. The molecule has 0 amide bonds. The molecule has 1 aliphatic heterocycles. The first-order chi connectivity index (χ1) is 11.6. The lowest BCUT2D eigenvalue weighted by Crippen LogP contribution is -2.20. The molecule has 8 heteroatoms. The van der Waals surface area contributed by atoms with Gasteiger partial charge in [0.1, 0.15) is 5.84 Å². The first-order valence-electron chi connectivity index (χ1n) is 7.57. The summed E-state index contributed by atoms with van der Waals surface area (Å²) in [5.41, 5.74) is 10.6. The molecule has 5 N–H and O–H groups in total. The minimum Gasteiger partial charge on any atom is -0.386 e. The third-order valence-corrected chi connectivity index (χ3v) is 4.33. The predicted molar refractivity (Wildman–Crippen MR) is 113 cm³/mol. The lowest BCUT2D eigenvalue weighted by molar-refractivity contribution is 0.310. The van der Waals surface area contributed by atoms with Crippen LogP contribution in [0.5, 0.6) is 0 Å². The van der Waals surface area contributed by atoms with Crippen molar-refractivity contribution in [2.24, 2.45) is 16.7 Å². The molecule has 0 saturated carbocycles. The summed E-state index contributed by atoms with van der Waals surface area (Å²) < 4.78 is 2.19. The number of nitrogens with one attached hydrogen (secondary N) is 1. The molecule has 136 valence electrons. The number of nitrogens with zero attached hydrogens (tertiary/aromatic N) is 2. The van der Waals surface area contributed by atoms with E-state index in [2.05, 4.69) is 54.5 Å². The van der Waals surface area contributed by atoms with E-state index in [9.17, 15) is 0 Å². The van der Waals surface area contributed by atoms with Crippen LogP contribution in [0.2, 0.25) is 0 Å². The quantitative estimate of drug-likeness (QED) is 0.450. The van der Waals surface area contributed by atoms with Crippen LogP contribution >= 0.6 is 44.3 Å². The molecule has 25 heavy (non-hydrogen) atoms. The van der Waals surface area contributed by atoms with E-state index in [-0.39, 0.29) is 12.4 Å². The van der Waals surface area contributed by atoms with Gasteiger partial charge < -0.3 is 5.73 Å². The first kappa shape index (κ1) is 21.9. The van der Waals surface area contributed by atoms with Crippen molar-refractivity contribution in [1.29, 1.82) is 0 Å². The van der Waals surface area contributed by atoms with Crippen LogP contribution in [0.25, 0.3) is 0 Å². The molecular formula is C17H22Br2ClN5. The Bertz CT molecular complexity index is 696. The zero-order chi connectivity index (χ0) is 17.4. The summed E-state index contributed by atoms with van der Waals surface area (Å²) in [7, 11) is 0. The molecule has 0 saturated heterocycles. The van der Waals surface area contributed by atoms with E-state index in [0.717, 1.165) is 34.3 Å². The second-order valence-electron chi connectivity index (χ2n) is 5.37. The Morgan fingerprint density at radius 2 is 1.64 bits per heavy atom. The van der Waals surface area contributed by atoms with Gasteiger partial charge in [-0.2, -0.15) is 5.10 Å². The fraction of sp³-hybridized carbons (Fsp3) is 0.235. The summed E-state index contributed by atoms with van der Waals surface area (Å²) >= 11 is 6.81. The molecule has 5 nitrogen and oxygen atoms in total. The van der Waals surface area contributed by atoms with Gasteiger partial charge in [0.15, 0.2) is 0 Å². The van der Waals surface area contributed by atoms with Crippen LogP contribution in [0.15, 0.2) is 62.6 Å². The average Bonchev–Trinajstić information content (AvgIpc) is 2.93. The van der Waals surface area contributed by atoms with Crippen molar-refractivity contribution in [3.63, 3.8) is 0 Å². The highest BCUT2D eigenvalue weighted by molar-refractivity contribution is 9.10. The van der Waals surface area contributed by atoms with Gasteiger partial charge in [0, 0.05) is 28.5 Å². The Kier molecular flexibility index (Phi) is 10.1. The number of hydrazine groups is 1. The Balaban J connectivity index is 0.000000254. The van der Waals surface area contributed by atoms with E-state index < -0.39 is 0 Å². The summed E-state index contributed by atoms with van der Waals surface area (Å²) in [6.45, 7) is 2.47. The highest BCUT2D eigenvalue weighted by Crippen LogP contribution is 2.15. The number of hydrogen-bond donors (Lipinski definition) is 3. The number of benzene rings is 2. The monoisotopic (exact) mass is 489 g/mol. The molecule has 2 aromatic carbocycles. The number of hydrazone groups is 1. The van der Waals surface area contributed by atoms with Crippen molar-refractivity contribution in [3.05, 3.63) is 68.6 Å². The van der Waals surface area contributed by atoms with E-state index in [4.69, 9.17) is 11.6 Å². The van der Waals surface area contributed by atoms with Gasteiger partial charge in [-0.05, 0) is 35.4 Å². The summed E-state index contributed by atoms with van der Waals surface area (Å²) in [5.74, 6) is 5.88. The molecule has 1 aliphatic rings. The topological polar surface area (TPSA) is 79.7 Å². The maximum Gasteiger partial charge on any atom is 0.121 e. The lowest BCUT2D eigenvalue weighted by atomic mass is 10.2. The Hall–Kier alpha value is -1.12. The van der Waals surface area contributed by atoms with E-state index in [0.29, 0.717) is 6.54 Å². The van der Waals surface area contributed by atoms with E-state index >= 15 is 0 Å². The predicted octanol–water partition coefficient (Wildman–Crippen LogP) is 3.76. The van der Waals surface area contributed by atoms with Crippen molar-refractivity contribution in [2.45, 2.75) is 19.5 Å². The molecule has 0 atom stereocenters. The highest BCUT2D eigenvalue weighted by atomic mass is 79.9. The zero-order valence-corrected chi connectivity index (χ0v) is 17.6. The number of hydrogen-bond acceptors (Lipinski definition) is 5. The highest BCUT2D eigenvalue weighted by Gasteiger charge is 2.11. The van der Waals surface area contributed by atoms with Crippen molar-refractivity contribution < 1.29 is 0 Å². The largest absolute Gasteiger partial charge is 0.386 e. The molecule has 0 unspecified atom stereocenters. The minimum atomic E-state index is 0. The molecule has 3 rings (SSSR count). The smallest absolute Gasteiger partial charge is 0.121 e. The summed E-state index contributed by atoms with van der Waals surface area (Å²) in [4.78, 5) is 0. The number of nitrogens with two attached hydrogens (primary N) is 2. The molecule has 0 spiro atoms. The maximum atomic E-state index is 5.61. The van der Waals surface area contributed by atoms with Crippen LogP contribution in [0.4, 0.5) is 0 Å². The van der Waals surface area contributed by atoms with Gasteiger partial charge in [0.25, 0.3) is 0 Å². The zero-order valence-electron chi connectivity index (χ0n) is 13.7. The summed E-state index contributed by atoms with van der Waals surface area (Å²) in [6.07, 6.45) is 0.883. The van der Waals surface area contributed by atoms with Crippen LogP contribution in [0, 0.1) is 0 Å². The standard InChI is InChI=1S/C10H12BrN3.C7H9BrN2.ClH/c11-9-3-1-2-8(6-9)7-14-5-4-10(12)13-14;8-7-3-1-2-6(4-7)5-10-9;/h1-3,6H,4-5,7H2,(H2,12,13);1-4,10H,5,9H2;1H. The molecule has 0 aliphatic carbocycles. The summed E-state index contributed by atoms with van der Waals surface area (Å²) in [6, 6.07) is 16.3. The van der Waals surface area contributed by atoms with Gasteiger partial charge in [0.2, 0.25) is 0 Å². The molecule has 0 fully saturated rings. The van der Waals surface area contributed by atoms with E-state index in [1.807, 2.05) is 41.4 Å². The fourth-order valence-corrected chi connectivity index (χ4v) is 3.14. The lowest BCUT2D eigenvalue weighted by Gasteiger charge is -2.13. The van der Waals surface area contributed by atoms with Crippen molar-refractivity contribution >= 4 is 50.1 Å². The third-order valence-electron chi connectivity index (χ3n) is 3.35. The van der Waals surface area contributed by atoms with Gasteiger partial charge in [-0.1, -0.05) is 56.1 Å². The van der Waals surface area contributed by atoms with Crippen LogP contribution in [-0.4, -0.2) is 17.4 Å². The number of rotatable bonds is 4. The minimum absolute atomic E-state index is 0. The van der Waals surface area contributed by atoms with Crippen LogP contribution in [-0.2, 0) is 13.1 Å². The third kappa shape index (κ3) is 8.20. The van der Waals surface area contributed by atoms with Crippen LogP contribution in [0.3, 0.4) is 0 Å². The fourth-order valence-electron chi connectivity index (χ4n) is 2.25. The van der Waals surface area contributed by atoms with Gasteiger partial charge in [-0.3, -0.25) is 16.3 Å². The number of amidine groups is 1. The van der Waals surface area contributed by atoms with Gasteiger partial charge >= 0.3 is 0 Å².